The fourth-order valence-corrected chi connectivity index (χ4v) is 14.5. The third-order valence-electron chi connectivity index (χ3n) is 22.0. The molecule has 0 saturated carbocycles. The van der Waals surface area contributed by atoms with Crippen LogP contribution in [-0.2, 0) is 67.1 Å². The van der Waals surface area contributed by atoms with Gasteiger partial charge in [0, 0.05) is 126 Å². The number of hydrogen-bond acceptors (Lipinski definition) is 20. The summed E-state index contributed by atoms with van der Waals surface area (Å²) in [6.45, 7) is 26.9. The number of aromatic hydroxyl groups is 1. The Kier molecular flexibility index (Phi) is 42.5. The van der Waals surface area contributed by atoms with E-state index in [0.717, 1.165) is 28.7 Å². The van der Waals surface area contributed by atoms with E-state index < -0.39 is 155 Å². The van der Waals surface area contributed by atoms with Gasteiger partial charge in [0.25, 0.3) is 0 Å². The first kappa shape index (κ1) is 105. The molecule has 686 valence electrons. The average Bonchev–Trinajstić information content (AvgIpc) is 0.746. The van der Waals surface area contributed by atoms with Crippen LogP contribution in [0.4, 0.5) is 20.5 Å². The maximum Gasteiger partial charge on any atom is 0.246 e. The Morgan fingerprint density at radius 2 is 1.14 bits per heavy atom. The topological polar surface area (TPSA) is 419 Å². The third kappa shape index (κ3) is 30.8. The Bertz CT molecular complexity index is 4170. The summed E-state index contributed by atoms with van der Waals surface area (Å²) in [5.74, 6) is -10.9. The molecule has 0 spiro atoms. The monoisotopic (exact) mass is 1750 g/mol. The number of piperazine rings is 1. The van der Waals surface area contributed by atoms with E-state index in [4.69, 9.17) is 11.6 Å². The van der Waals surface area contributed by atoms with Crippen LogP contribution < -0.4 is 42.1 Å². The van der Waals surface area contributed by atoms with Gasteiger partial charge in [0.15, 0.2) is 5.82 Å². The van der Waals surface area contributed by atoms with Crippen molar-refractivity contribution in [3.8, 4) is 16.9 Å². The van der Waals surface area contributed by atoms with Crippen LogP contribution in [0, 0.1) is 41.2 Å². The zero-order valence-electron chi connectivity index (χ0n) is 75.7. The molecule has 2 heterocycles. The summed E-state index contributed by atoms with van der Waals surface area (Å²) < 4.78 is 31.6. The lowest BCUT2D eigenvalue weighted by Crippen LogP contribution is -2.60. The highest BCUT2D eigenvalue weighted by Gasteiger charge is 2.40. The molecule has 0 radical (unpaired) electrons. The molecule has 34 nitrogen and oxygen atoms in total. The minimum atomic E-state index is -1.25. The Morgan fingerprint density at radius 3 is 1.68 bits per heavy atom. The lowest BCUT2D eigenvalue weighted by Gasteiger charge is -2.35. The molecule has 1 aliphatic heterocycles. The van der Waals surface area contributed by atoms with Crippen molar-refractivity contribution in [2.75, 3.05) is 126 Å². The van der Waals surface area contributed by atoms with Crippen molar-refractivity contribution in [1.29, 1.82) is 0 Å². The molecular weight excluding hydrogens is 1610 g/mol. The second-order valence-corrected chi connectivity index (χ2v) is 34.2. The molecule has 1 aliphatic rings. The minimum Gasteiger partial charge on any atom is -0.507 e. The summed E-state index contributed by atoms with van der Waals surface area (Å²) in [6, 6.07) is -3.97. The Balaban J connectivity index is 1.19. The van der Waals surface area contributed by atoms with E-state index >= 15 is 8.78 Å². The third-order valence-corrected chi connectivity index (χ3v) is 22.3. The van der Waals surface area contributed by atoms with Crippen LogP contribution in [0.5, 0.6) is 5.75 Å². The fourth-order valence-electron chi connectivity index (χ4n) is 14.2. The van der Waals surface area contributed by atoms with Crippen LogP contribution in [0.3, 0.4) is 0 Å². The first-order chi connectivity index (χ1) is 57.6. The highest BCUT2D eigenvalue weighted by molar-refractivity contribution is 6.34. The number of nitrogens with zero attached hydrogens (tertiary/aromatic N) is 11. The van der Waals surface area contributed by atoms with Gasteiger partial charge in [-0.2, -0.15) is 4.98 Å². The van der Waals surface area contributed by atoms with E-state index in [1.165, 1.54) is 112 Å². The van der Waals surface area contributed by atoms with Gasteiger partial charge in [-0.25, -0.2) is 13.8 Å². The molecule has 9 N–H and O–H groups in total. The van der Waals surface area contributed by atoms with E-state index in [-0.39, 0.29) is 120 Å². The molecule has 1 saturated heterocycles. The van der Waals surface area contributed by atoms with Gasteiger partial charge in [-0.15, -0.1) is 0 Å². The molecule has 123 heavy (non-hydrogen) atoms. The van der Waals surface area contributed by atoms with Crippen LogP contribution in [0.25, 0.3) is 22.0 Å². The summed E-state index contributed by atoms with van der Waals surface area (Å²) in [5.41, 5.74) is -1.03. The summed E-state index contributed by atoms with van der Waals surface area (Å²) in [4.78, 5) is 211. The second kappa shape index (κ2) is 49.8. The molecule has 1 aromatic heterocycles. The number of unbranched alkanes of at least 4 members (excludes halogenated alkanes) is 3. The summed E-state index contributed by atoms with van der Waals surface area (Å²) in [7, 11) is 11.6. The lowest BCUT2D eigenvalue weighted by molar-refractivity contribution is -0.150. The number of carbonyl (C=O) groups is 14. The zero-order valence-corrected chi connectivity index (χ0v) is 76.4. The number of phenolic OH excluding ortho intramolecular Hbond substituents is 1. The molecule has 10 atom stereocenters. The van der Waals surface area contributed by atoms with E-state index in [2.05, 4.69) is 53.8 Å². The molecule has 1 fully saturated rings. The molecule has 0 bridgehead atoms. The summed E-state index contributed by atoms with van der Waals surface area (Å²) in [5, 5.41) is 41.0. The van der Waals surface area contributed by atoms with E-state index in [9.17, 15) is 77.3 Å². The largest absolute Gasteiger partial charge is 0.507 e. The number of fused-ring (bicyclic) bond motifs is 1. The number of aliphatic hydroxyl groups excluding tert-OH is 1. The smallest absolute Gasteiger partial charge is 0.246 e. The van der Waals surface area contributed by atoms with Crippen molar-refractivity contribution >= 4 is 117 Å². The van der Waals surface area contributed by atoms with Crippen LogP contribution in [0.15, 0.2) is 36.9 Å². The first-order valence-corrected chi connectivity index (χ1v) is 42.8. The molecule has 4 rings (SSSR count). The Hall–Kier alpha value is -10.4. The van der Waals surface area contributed by atoms with Gasteiger partial charge in [-0.3, -0.25) is 67.1 Å². The Labute approximate surface area is 727 Å². The van der Waals surface area contributed by atoms with E-state index in [0.29, 0.717) is 70.8 Å². The number of likely N-dealkylation sites (N-methyl/N-ethyl adjacent to an activating group) is 7. The van der Waals surface area contributed by atoms with Gasteiger partial charge in [0.05, 0.1) is 36.2 Å². The quantitative estimate of drug-likeness (QED) is 0.0264. The second-order valence-electron chi connectivity index (χ2n) is 33.8. The SMILES string of the molecule is C=CC(=O)N1CCN(c2nc(NCCC(=O)NCCCCCCNC(=O)CCC[C@@H](C)[C@@H](O)CC(=O)N[C@@H](CC)C(=O)N(C)CC(=O)N(C)[C@@H](C)C(=O)NC(C(=O)N(C)[C@@H](CC(C)C)C(=O)N[C@@H](C)C(=O)N[C@H](C)C(=O)N(C)[C@@H](CC(C)C)C(=O)N(C)CC(=O)N(C)C(C(=O)N(C)C)C(C)C)C(C)C)nc3c(F)c(-c4c(O)cccc4F)c(Cl)cc23)CC1. The van der Waals surface area contributed by atoms with Crippen molar-refractivity contribution < 1.29 is 86.1 Å². The number of carbonyl (C=O) groups excluding carboxylic acids is 14. The standard InChI is InChI=1S/C86H135ClF2N18O16/c1-23-60(95-67(112)46-64(109)53(11)31-29-34-65(110)90-36-27-25-26-28-37-91-66(111)35-38-92-86-97-75-57(77(98-86)107-41-39-106(40-42-107)68(113)24-2)45-58(87)71(73(75)89)72-59(88)32-30-33-63(72)108)82(120)100(17)47-69(114)102(19)56(14)79(117)96-74(51(7)8)84(122)103(20)61(43-49(3)4)80(118)93-54(12)78(116)94-55(13)81(119)104(21)62(44-50(5)6)83(121)101(18)48-70(115)105(22)76(52(9)10)85(123)99(15)16/h24,30,32-33,45,49-56,60-62,64,74,76,108-109H,2,23,25-29,31,34-44,46-48H2,1,3-22H3,(H,90,110)(H,91,111)(H,93,118)(H,94,116)(H,95,112)(H,96,117)(H,92,97,98)/t53-,54+,55-,56+,60+,61+,62+,64+,74?,76?/m1/s1. The van der Waals surface area contributed by atoms with Gasteiger partial charge in [-0.05, 0) is 120 Å². The predicted molar refractivity (Wildman–Crippen MR) is 466 cm³/mol. The normalized spacial score (nSPS) is 14.6. The number of anilines is 2. The van der Waals surface area contributed by atoms with Crippen molar-refractivity contribution in [2.45, 2.75) is 221 Å². The number of rotatable bonds is 48. The maximum absolute atomic E-state index is 16.6. The number of nitrogens with one attached hydrogen (secondary N) is 7. The minimum absolute atomic E-state index is 0.0114. The van der Waals surface area contributed by atoms with Gasteiger partial charge < -0.3 is 91.5 Å². The molecule has 2 aromatic carbocycles. The lowest BCUT2D eigenvalue weighted by atomic mass is 9.95. The van der Waals surface area contributed by atoms with Crippen LogP contribution in [0.2, 0.25) is 5.02 Å². The van der Waals surface area contributed by atoms with Crippen LogP contribution >= 0.6 is 11.6 Å². The number of halogens is 3. The van der Waals surface area contributed by atoms with Crippen molar-refractivity contribution in [3.63, 3.8) is 0 Å². The number of hydrogen-bond donors (Lipinski definition) is 9. The number of aliphatic hydroxyl groups is 1. The zero-order chi connectivity index (χ0) is 92.9. The van der Waals surface area contributed by atoms with E-state index in [1.807, 2.05) is 46.4 Å². The van der Waals surface area contributed by atoms with E-state index in [1.54, 1.807) is 46.7 Å². The first-order valence-electron chi connectivity index (χ1n) is 42.4. The van der Waals surface area contributed by atoms with Crippen LogP contribution in [-0.4, -0.2) is 312 Å². The van der Waals surface area contributed by atoms with Gasteiger partial charge >= 0.3 is 0 Å². The molecule has 0 aliphatic carbocycles. The number of aromatic nitrogens is 2. The van der Waals surface area contributed by atoms with Crippen molar-refractivity contribution in [1.82, 2.24) is 81.1 Å². The molecule has 3 aromatic rings. The summed E-state index contributed by atoms with van der Waals surface area (Å²) >= 11 is 6.59. The molecular formula is C86H135ClF2N18O16. The molecule has 37 heteroatoms. The van der Waals surface area contributed by atoms with Crippen molar-refractivity contribution in [2.24, 2.45) is 29.6 Å². The predicted octanol–water partition coefficient (Wildman–Crippen LogP) is 5.05. The molecule has 2 unspecified atom stereocenters. The highest BCUT2D eigenvalue weighted by Crippen LogP contribution is 2.43. The number of benzene rings is 2. The highest BCUT2D eigenvalue weighted by atomic mass is 35.5. The maximum atomic E-state index is 16.6. The van der Waals surface area contributed by atoms with Crippen LogP contribution in [0.1, 0.15) is 167 Å². The number of phenols is 1. The molecule has 14 amide bonds. The van der Waals surface area contributed by atoms with Gasteiger partial charge in [-0.1, -0.05) is 106 Å². The van der Waals surface area contributed by atoms with Gasteiger partial charge in [0.1, 0.15) is 71.2 Å². The fraction of sp³-hybridized carbons (Fsp3) is 0.651. The van der Waals surface area contributed by atoms with Crippen molar-refractivity contribution in [3.05, 3.63) is 53.6 Å². The Morgan fingerprint density at radius 1 is 0.585 bits per heavy atom. The summed E-state index contributed by atoms with van der Waals surface area (Å²) in [6.07, 6.45) is 4.15. The number of amides is 14. The van der Waals surface area contributed by atoms with Gasteiger partial charge in [0.2, 0.25) is 88.6 Å². The average molecular weight is 1750 g/mol.